The fraction of sp³-hybridized carbons (Fsp3) is 0.567. The Bertz CT molecular complexity index is 1400. The Hall–Kier alpha value is -2.81. The molecule has 2 amide bonds. The highest BCUT2D eigenvalue weighted by molar-refractivity contribution is 7.73. The van der Waals surface area contributed by atoms with Crippen molar-refractivity contribution in [2.45, 2.75) is 57.4 Å². The zero-order valence-electron chi connectivity index (χ0n) is 27.5. The normalized spacial score (nSPS) is 17.8. The van der Waals surface area contributed by atoms with Gasteiger partial charge < -0.3 is 34.6 Å². The lowest BCUT2D eigenvalue weighted by Crippen LogP contribution is -2.54. The molecule has 1 aromatic heterocycles. The van der Waals surface area contributed by atoms with Crippen LogP contribution in [0.4, 0.5) is 0 Å². The second-order valence-corrected chi connectivity index (χ2v) is 16.9. The highest BCUT2D eigenvalue weighted by Gasteiger charge is 2.42. The van der Waals surface area contributed by atoms with Crippen LogP contribution >= 0.6 is 15.0 Å². The molecule has 4 atom stereocenters. The standard InChI is InChI=1S/C30H46BN5O10P2/c1-22(2)18-27(34-29(39)24(19-23-8-5-4-6-9-23)20-26(37)25-21-32-11-12-33-25)31-45-16-14-36(15-17-46-31)13-7-10-28(38)35-30(47(3,40)41)48(42,43)44/h4-6,8-9,11-12,21-22,24,27,30H,7,10,13-20H2,1-3H3,(H,34,39)(H,35,38)(H,40,41)(H2,42,43,44)/t24-,27+,30?/m0/s1. The van der Waals surface area contributed by atoms with Gasteiger partial charge in [-0.25, -0.2) is 4.98 Å². The molecule has 0 spiro atoms. The van der Waals surface area contributed by atoms with Crippen molar-refractivity contribution in [2.24, 2.45) is 11.8 Å². The summed E-state index contributed by atoms with van der Waals surface area (Å²) in [4.78, 5) is 77.5. The van der Waals surface area contributed by atoms with Gasteiger partial charge in [0.25, 0.3) is 0 Å². The number of benzene rings is 1. The van der Waals surface area contributed by atoms with Crippen LogP contribution in [0.3, 0.4) is 0 Å². The summed E-state index contributed by atoms with van der Waals surface area (Å²) in [6, 6.07) is 9.48. The predicted molar refractivity (Wildman–Crippen MR) is 179 cm³/mol. The summed E-state index contributed by atoms with van der Waals surface area (Å²) in [5.74, 6) is -2.28. The summed E-state index contributed by atoms with van der Waals surface area (Å²) in [5.41, 5.74) is -1.04. The summed E-state index contributed by atoms with van der Waals surface area (Å²) in [6.07, 6.45) is 5.39. The minimum absolute atomic E-state index is 0.0507. The average Bonchev–Trinajstić information content (AvgIpc) is 2.99. The molecule has 18 heteroatoms. The number of aromatic nitrogens is 2. The van der Waals surface area contributed by atoms with Crippen molar-refractivity contribution < 1.29 is 47.5 Å². The maximum absolute atomic E-state index is 13.8. The Morgan fingerprint density at radius 3 is 2.25 bits per heavy atom. The maximum Gasteiger partial charge on any atom is 0.480 e. The first-order valence-electron chi connectivity index (χ1n) is 15.9. The predicted octanol–water partition coefficient (Wildman–Crippen LogP) is 2.07. The third-order valence-corrected chi connectivity index (χ3v) is 11.7. The Morgan fingerprint density at radius 1 is 1.02 bits per heavy atom. The Morgan fingerprint density at radius 2 is 1.69 bits per heavy atom. The van der Waals surface area contributed by atoms with Crippen molar-refractivity contribution in [3.8, 4) is 0 Å². The topological polar surface area (TPSA) is 218 Å². The van der Waals surface area contributed by atoms with E-state index in [0.717, 1.165) is 12.2 Å². The quantitative estimate of drug-likeness (QED) is 0.0904. The van der Waals surface area contributed by atoms with E-state index >= 15 is 0 Å². The average molecular weight is 709 g/mol. The summed E-state index contributed by atoms with van der Waals surface area (Å²) in [5, 5.41) is 5.11. The Labute approximate surface area is 281 Å². The van der Waals surface area contributed by atoms with Crippen LogP contribution in [-0.2, 0) is 34.4 Å². The second-order valence-electron chi connectivity index (χ2n) is 12.4. The zero-order chi connectivity index (χ0) is 35.3. The summed E-state index contributed by atoms with van der Waals surface area (Å²) in [7, 11) is -10.0. The second kappa shape index (κ2) is 18.8. The lowest BCUT2D eigenvalue weighted by molar-refractivity contribution is -0.125. The molecule has 1 aliphatic heterocycles. The molecule has 1 saturated heterocycles. The fourth-order valence-corrected chi connectivity index (χ4v) is 8.28. The number of carbonyl (C=O) groups excluding carboxylic acids is 3. The summed E-state index contributed by atoms with van der Waals surface area (Å²) in [6.45, 7) is 6.82. The third kappa shape index (κ3) is 13.6. The summed E-state index contributed by atoms with van der Waals surface area (Å²) < 4.78 is 35.6. The van der Waals surface area contributed by atoms with Gasteiger partial charge in [0, 0.05) is 64.1 Å². The molecule has 0 bridgehead atoms. The van der Waals surface area contributed by atoms with E-state index in [1.807, 2.05) is 54.4 Å². The molecule has 264 valence electrons. The van der Waals surface area contributed by atoms with Crippen LogP contribution in [0.25, 0.3) is 0 Å². The van der Waals surface area contributed by atoms with Crippen LogP contribution in [0, 0.1) is 11.8 Å². The molecule has 2 aromatic rings. The number of ketones is 1. The molecule has 2 unspecified atom stereocenters. The molecule has 3 rings (SSSR count). The first-order chi connectivity index (χ1) is 22.6. The van der Waals surface area contributed by atoms with E-state index in [4.69, 9.17) is 9.31 Å². The van der Waals surface area contributed by atoms with Crippen LogP contribution in [0.2, 0.25) is 0 Å². The summed E-state index contributed by atoms with van der Waals surface area (Å²) >= 11 is 0. The number of rotatable bonds is 17. The minimum atomic E-state index is -5.03. The van der Waals surface area contributed by atoms with Crippen molar-refractivity contribution in [3.63, 3.8) is 0 Å². The Balaban J connectivity index is 1.58. The van der Waals surface area contributed by atoms with Gasteiger partial charge in [0.1, 0.15) is 5.69 Å². The van der Waals surface area contributed by atoms with Gasteiger partial charge in [-0.15, -0.1) is 0 Å². The lowest BCUT2D eigenvalue weighted by Gasteiger charge is -2.32. The van der Waals surface area contributed by atoms with E-state index in [1.165, 1.54) is 18.6 Å². The van der Waals surface area contributed by atoms with Crippen molar-refractivity contribution >= 4 is 39.7 Å². The molecule has 0 aliphatic carbocycles. The molecule has 2 heterocycles. The number of hydrogen-bond acceptors (Lipinski definition) is 10. The maximum atomic E-state index is 13.8. The molecular weight excluding hydrogens is 663 g/mol. The van der Waals surface area contributed by atoms with Crippen molar-refractivity contribution in [1.29, 1.82) is 0 Å². The number of hydrogen-bond donors (Lipinski definition) is 5. The van der Waals surface area contributed by atoms with Crippen LogP contribution < -0.4 is 10.6 Å². The van der Waals surface area contributed by atoms with Crippen LogP contribution in [0.15, 0.2) is 48.9 Å². The highest BCUT2D eigenvalue weighted by Crippen LogP contribution is 2.58. The Kier molecular flexibility index (Phi) is 15.5. The largest absolute Gasteiger partial charge is 0.480 e. The molecule has 0 radical (unpaired) electrons. The molecular formula is C30H46BN5O10P2. The number of nitrogens with zero attached hydrogens (tertiary/aromatic N) is 3. The van der Waals surface area contributed by atoms with Crippen molar-refractivity contribution in [2.75, 3.05) is 39.5 Å². The van der Waals surface area contributed by atoms with Crippen LogP contribution in [0.1, 0.15) is 55.6 Å². The van der Waals surface area contributed by atoms with Crippen LogP contribution in [-0.4, -0.2) is 105 Å². The fourth-order valence-electron chi connectivity index (χ4n) is 5.35. The van der Waals surface area contributed by atoms with Gasteiger partial charge >= 0.3 is 14.7 Å². The van der Waals surface area contributed by atoms with Gasteiger partial charge in [-0.2, -0.15) is 0 Å². The molecule has 1 aromatic carbocycles. The first-order valence-corrected chi connectivity index (χ1v) is 19.7. The monoisotopic (exact) mass is 709 g/mol. The van der Waals surface area contributed by atoms with Gasteiger partial charge in [0.2, 0.25) is 24.7 Å². The highest BCUT2D eigenvalue weighted by atomic mass is 31.2. The minimum Gasteiger partial charge on any atom is -0.408 e. The smallest absolute Gasteiger partial charge is 0.408 e. The molecule has 5 N–H and O–H groups in total. The van der Waals surface area contributed by atoms with Crippen molar-refractivity contribution in [3.05, 3.63) is 60.2 Å². The van der Waals surface area contributed by atoms with Gasteiger partial charge in [0.05, 0.1) is 12.1 Å². The molecule has 15 nitrogen and oxygen atoms in total. The van der Waals surface area contributed by atoms with Gasteiger partial charge in [-0.05, 0) is 37.3 Å². The molecule has 1 fully saturated rings. The third-order valence-electron chi connectivity index (χ3n) is 7.68. The van der Waals surface area contributed by atoms with Gasteiger partial charge in [-0.3, -0.25) is 33.4 Å². The van der Waals surface area contributed by atoms with E-state index < -0.39 is 45.4 Å². The first kappa shape index (κ1) is 39.6. The number of carbonyl (C=O) groups is 3. The van der Waals surface area contributed by atoms with Crippen LogP contribution in [0.5, 0.6) is 0 Å². The molecule has 48 heavy (non-hydrogen) atoms. The van der Waals surface area contributed by atoms with Gasteiger partial charge in [0.15, 0.2) is 5.78 Å². The van der Waals surface area contributed by atoms with E-state index in [-0.39, 0.29) is 49.4 Å². The van der Waals surface area contributed by atoms with E-state index in [9.17, 15) is 38.2 Å². The van der Waals surface area contributed by atoms with Gasteiger partial charge in [-0.1, -0.05) is 44.2 Å². The van der Waals surface area contributed by atoms with E-state index in [0.29, 0.717) is 38.9 Å². The van der Waals surface area contributed by atoms with E-state index in [1.54, 1.807) is 0 Å². The molecule has 1 aliphatic rings. The number of Topliss-reactive ketones (excluding diaryl/α,β-unsaturated/α-hetero) is 1. The lowest BCUT2D eigenvalue weighted by atomic mass is 9.73. The van der Waals surface area contributed by atoms with Crippen molar-refractivity contribution in [1.82, 2.24) is 25.5 Å². The molecule has 0 saturated carbocycles. The number of amides is 2. The SMILES string of the molecule is CC(C)C[C@@H](NC(=O)[C@H](CC(=O)c1cnccn1)Cc1ccccc1)B1OCCN(CCCC(=O)NC(P(C)(=O)O)P(=O)(O)O)CCO1. The zero-order valence-corrected chi connectivity index (χ0v) is 29.3. The van der Waals surface area contributed by atoms with E-state index in [2.05, 4.69) is 15.3 Å². The number of nitrogens with one attached hydrogen (secondary N) is 2.